The number of hydrogen-bond acceptors (Lipinski definition) is 2. The summed E-state index contributed by atoms with van der Waals surface area (Å²) in [4.78, 5) is 0. The second-order valence-corrected chi connectivity index (χ2v) is 10.5. The van der Waals surface area contributed by atoms with Crippen LogP contribution in [0.2, 0.25) is 0 Å². The van der Waals surface area contributed by atoms with E-state index in [1.165, 1.54) is 25.7 Å². The average Bonchev–Trinajstić information content (AvgIpc) is 2.36. The molecule has 0 bridgehead atoms. The van der Waals surface area contributed by atoms with Crippen LogP contribution in [-0.4, -0.2) is 25.3 Å². The molecular weight excluding hydrogens is 336 g/mol. The highest BCUT2D eigenvalue weighted by atomic mass is 79.9. The van der Waals surface area contributed by atoms with Gasteiger partial charge in [-0.05, 0) is 55.3 Å². The Morgan fingerprint density at radius 1 is 1.15 bits per heavy atom. The fraction of sp³-hybridized carbons (Fsp3) is 1.00. The molecule has 0 heterocycles. The van der Waals surface area contributed by atoms with Crippen LogP contribution in [0.15, 0.2) is 0 Å². The number of rotatable bonds is 6. The van der Waals surface area contributed by atoms with Crippen LogP contribution in [0.1, 0.15) is 66.2 Å². The van der Waals surface area contributed by atoms with Gasteiger partial charge in [0.1, 0.15) is 9.84 Å². The van der Waals surface area contributed by atoms with Gasteiger partial charge in [-0.3, -0.25) is 0 Å². The fourth-order valence-corrected chi connectivity index (χ4v) is 5.74. The molecule has 0 aromatic heterocycles. The summed E-state index contributed by atoms with van der Waals surface area (Å²) in [5, 5.41) is 0.943. The van der Waals surface area contributed by atoms with Crippen LogP contribution in [0.5, 0.6) is 0 Å². The summed E-state index contributed by atoms with van der Waals surface area (Å²) in [6, 6.07) is 0. The monoisotopic (exact) mass is 366 g/mol. The van der Waals surface area contributed by atoms with Gasteiger partial charge in [0.25, 0.3) is 0 Å². The van der Waals surface area contributed by atoms with Crippen LogP contribution in [0.4, 0.5) is 0 Å². The van der Waals surface area contributed by atoms with Crippen molar-refractivity contribution in [2.75, 3.05) is 16.8 Å². The first-order valence-corrected chi connectivity index (χ1v) is 10.8. The summed E-state index contributed by atoms with van der Waals surface area (Å²) in [6.07, 6.45) is 6.38. The molecule has 1 rings (SSSR count). The molecule has 0 amide bonds. The van der Waals surface area contributed by atoms with Crippen molar-refractivity contribution >= 4 is 25.8 Å². The maximum atomic E-state index is 11.9. The fourth-order valence-electron chi connectivity index (χ4n) is 3.33. The Morgan fingerprint density at radius 3 is 2.10 bits per heavy atom. The summed E-state index contributed by atoms with van der Waals surface area (Å²) in [6.45, 7) is 8.91. The minimum Gasteiger partial charge on any atom is -0.229 e. The first kappa shape index (κ1) is 18.5. The van der Waals surface area contributed by atoms with Gasteiger partial charge in [-0.15, -0.1) is 0 Å². The van der Waals surface area contributed by atoms with Crippen LogP contribution < -0.4 is 0 Å². The van der Waals surface area contributed by atoms with E-state index in [1.807, 2.05) is 6.92 Å². The molecule has 1 saturated carbocycles. The molecule has 0 spiro atoms. The zero-order valence-corrected chi connectivity index (χ0v) is 15.9. The van der Waals surface area contributed by atoms with E-state index in [-0.39, 0.29) is 5.41 Å². The molecule has 2 nitrogen and oxygen atoms in total. The molecule has 0 N–H and O–H groups in total. The molecule has 120 valence electrons. The van der Waals surface area contributed by atoms with E-state index < -0.39 is 9.84 Å². The Labute approximate surface area is 134 Å². The highest BCUT2D eigenvalue weighted by molar-refractivity contribution is 9.09. The van der Waals surface area contributed by atoms with E-state index in [0.717, 1.165) is 24.1 Å². The largest absolute Gasteiger partial charge is 0.229 e. The van der Waals surface area contributed by atoms with Gasteiger partial charge >= 0.3 is 0 Å². The number of sulfone groups is 1. The summed E-state index contributed by atoms with van der Waals surface area (Å²) in [5.74, 6) is 1.49. The highest BCUT2D eigenvalue weighted by Crippen LogP contribution is 2.48. The molecule has 0 aromatic rings. The molecular formula is C16H31BrO2S. The molecule has 0 aromatic carbocycles. The van der Waals surface area contributed by atoms with Gasteiger partial charge in [-0.2, -0.15) is 0 Å². The number of hydrogen-bond donors (Lipinski definition) is 0. The van der Waals surface area contributed by atoms with Gasteiger partial charge < -0.3 is 0 Å². The Kier molecular flexibility index (Phi) is 6.59. The molecule has 1 aliphatic carbocycles. The first-order valence-electron chi connectivity index (χ1n) is 7.90. The lowest BCUT2D eigenvalue weighted by molar-refractivity contribution is 0.101. The molecule has 0 unspecified atom stereocenters. The standard InChI is InChI=1S/C16H31BrO2S/c1-5-11-20(18,19)12-10-16(13-17)8-6-14(7-9-16)15(2,3)4/h14H,5-13H2,1-4H3. The van der Waals surface area contributed by atoms with E-state index in [4.69, 9.17) is 0 Å². The van der Waals surface area contributed by atoms with Crippen molar-refractivity contribution in [3.05, 3.63) is 0 Å². The quantitative estimate of drug-likeness (QED) is 0.631. The van der Waals surface area contributed by atoms with Crippen LogP contribution >= 0.6 is 15.9 Å². The van der Waals surface area contributed by atoms with E-state index in [0.29, 0.717) is 16.9 Å². The van der Waals surface area contributed by atoms with Crippen molar-refractivity contribution < 1.29 is 8.42 Å². The summed E-state index contributed by atoms with van der Waals surface area (Å²) in [7, 11) is -2.84. The molecule has 4 heteroatoms. The third-order valence-electron chi connectivity index (χ3n) is 5.01. The third kappa shape index (κ3) is 5.32. The Bertz CT molecular complexity index is 387. The topological polar surface area (TPSA) is 34.1 Å². The first-order chi connectivity index (χ1) is 9.14. The predicted octanol–water partition coefficient (Wildman–Crippen LogP) is 4.82. The van der Waals surface area contributed by atoms with Gasteiger partial charge in [0.2, 0.25) is 0 Å². The summed E-state index contributed by atoms with van der Waals surface area (Å²) in [5.41, 5.74) is 0.593. The minimum absolute atomic E-state index is 0.211. The van der Waals surface area contributed by atoms with Crippen molar-refractivity contribution in [1.82, 2.24) is 0 Å². The minimum atomic E-state index is -2.84. The van der Waals surface area contributed by atoms with Crippen molar-refractivity contribution in [2.24, 2.45) is 16.7 Å². The lowest BCUT2D eigenvalue weighted by Crippen LogP contribution is -2.35. The SMILES string of the molecule is CCCS(=O)(=O)CCC1(CBr)CCC(C(C)(C)C)CC1. The Hall–Kier alpha value is 0.430. The Morgan fingerprint density at radius 2 is 1.70 bits per heavy atom. The van der Waals surface area contributed by atoms with Gasteiger partial charge in [-0.1, -0.05) is 43.6 Å². The summed E-state index contributed by atoms with van der Waals surface area (Å²) >= 11 is 3.65. The van der Waals surface area contributed by atoms with Crippen LogP contribution in [0.25, 0.3) is 0 Å². The maximum Gasteiger partial charge on any atom is 0.150 e. The van der Waals surface area contributed by atoms with E-state index in [1.54, 1.807) is 0 Å². The normalized spacial score (nSPS) is 28.6. The number of halogens is 1. The maximum absolute atomic E-state index is 11.9. The highest BCUT2D eigenvalue weighted by Gasteiger charge is 2.38. The van der Waals surface area contributed by atoms with Crippen molar-refractivity contribution in [2.45, 2.75) is 66.2 Å². The lowest BCUT2D eigenvalue weighted by atomic mass is 9.64. The second-order valence-electron chi connectivity index (χ2n) is 7.68. The van der Waals surface area contributed by atoms with Crippen LogP contribution in [0.3, 0.4) is 0 Å². The summed E-state index contributed by atoms with van der Waals surface area (Å²) < 4.78 is 23.9. The zero-order chi connectivity index (χ0) is 15.4. The van der Waals surface area contributed by atoms with Gasteiger partial charge in [-0.25, -0.2) is 8.42 Å². The van der Waals surface area contributed by atoms with E-state index in [2.05, 4.69) is 36.7 Å². The molecule has 1 fully saturated rings. The smallest absolute Gasteiger partial charge is 0.150 e. The van der Waals surface area contributed by atoms with Crippen molar-refractivity contribution in [3.63, 3.8) is 0 Å². The molecule has 0 aliphatic heterocycles. The average molecular weight is 367 g/mol. The van der Waals surface area contributed by atoms with Crippen LogP contribution in [0, 0.1) is 16.7 Å². The Balaban J connectivity index is 2.59. The molecule has 20 heavy (non-hydrogen) atoms. The van der Waals surface area contributed by atoms with Crippen LogP contribution in [-0.2, 0) is 9.84 Å². The van der Waals surface area contributed by atoms with E-state index in [9.17, 15) is 8.42 Å². The predicted molar refractivity (Wildman–Crippen MR) is 91.2 cm³/mol. The zero-order valence-electron chi connectivity index (χ0n) is 13.5. The molecule has 0 saturated heterocycles. The molecule has 0 radical (unpaired) electrons. The number of alkyl halides is 1. The molecule has 1 aliphatic rings. The lowest BCUT2D eigenvalue weighted by Gasteiger charge is -2.43. The van der Waals surface area contributed by atoms with Gasteiger partial charge in [0, 0.05) is 11.1 Å². The van der Waals surface area contributed by atoms with Crippen molar-refractivity contribution in [3.8, 4) is 0 Å². The van der Waals surface area contributed by atoms with E-state index >= 15 is 0 Å². The molecule has 0 atom stereocenters. The van der Waals surface area contributed by atoms with Gasteiger partial charge in [0.05, 0.1) is 5.75 Å². The second kappa shape index (κ2) is 7.13. The van der Waals surface area contributed by atoms with Gasteiger partial charge in [0.15, 0.2) is 0 Å². The third-order valence-corrected chi connectivity index (χ3v) is 8.06. The van der Waals surface area contributed by atoms with Crippen molar-refractivity contribution in [1.29, 1.82) is 0 Å².